The van der Waals surface area contributed by atoms with Crippen molar-refractivity contribution in [2.75, 3.05) is 0 Å². The van der Waals surface area contributed by atoms with E-state index in [1.807, 2.05) is 24.3 Å². The Balaban J connectivity index is 1.95. The predicted molar refractivity (Wildman–Crippen MR) is 61.9 cm³/mol. The molecule has 78 valence electrons. The molecule has 1 fully saturated rings. The maximum atomic E-state index is 5.89. The van der Waals surface area contributed by atoms with Crippen LogP contribution in [0.4, 0.5) is 0 Å². The first kappa shape index (κ1) is 10.1. The molecule has 0 heterocycles. The lowest BCUT2D eigenvalue weighted by Gasteiger charge is -2.22. The minimum absolute atomic E-state index is 0.412. The van der Waals surface area contributed by atoms with Crippen LogP contribution < -0.4 is 4.74 Å². The van der Waals surface area contributed by atoms with E-state index in [-0.39, 0.29) is 0 Å². The van der Waals surface area contributed by atoms with Crippen molar-refractivity contribution in [2.45, 2.75) is 38.2 Å². The molecule has 0 atom stereocenters. The largest absolute Gasteiger partial charge is 0.490 e. The summed E-state index contributed by atoms with van der Waals surface area (Å²) in [6.45, 7) is 0. The molecule has 1 nitrogen and oxygen atoms in total. The Morgan fingerprint density at radius 2 is 1.73 bits per heavy atom. The maximum absolute atomic E-state index is 5.89. The molecule has 15 heavy (non-hydrogen) atoms. The van der Waals surface area contributed by atoms with E-state index in [4.69, 9.17) is 11.2 Å². The van der Waals surface area contributed by atoms with Crippen molar-refractivity contribution in [2.24, 2.45) is 0 Å². The summed E-state index contributed by atoms with van der Waals surface area (Å²) >= 11 is 0. The second-order valence-electron chi connectivity index (χ2n) is 4.05. The third-order valence-electron chi connectivity index (χ3n) is 2.88. The maximum Gasteiger partial charge on any atom is 0.119 e. The number of hydrogen-bond donors (Lipinski definition) is 0. The lowest BCUT2D eigenvalue weighted by Crippen LogP contribution is -2.19. The molecule has 0 amide bonds. The van der Waals surface area contributed by atoms with Crippen LogP contribution in [0.3, 0.4) is 0 Å². The molecular formula is C14H16O. The van der Waals surface area contributed by atoms with E-state index in [1.54, 1.807) is 0 Å². The van der Waals surface area contributed by atoms with Gasteiger partial charge in [-0.25, -0.2) is 0 Å². The van der Waals surface area contributed by atoms with Gasteiger partial charge in [0.1, 0.15) is 5.75 Å². The minimum Gasteiger partial charge on any atom is -0.490 e. The summed E-state index contributed by atoms with van der Waals surface area (Å²) in [5.41, 5.74) is 0.908. The van der Waals surface area contributed by atoms with Gasteiger partial charge in [0.15, 0.2) is 0 Å². The summed E-state index contributed by atoms with van der Waals surface area (Å²) in [5.74, 6) is 3.55. The van der Waals surface area contributed by atoms with Crippen LogP contribution in [0.5, 0.6) is 5.75 Å². The van der Waals surface area contributed by atoms with Gasteiger partial charge in [-0.2, -0.15) is 0 Å². The summed E-state index contributed by atoms with van der Waals surface area (Å²) in [7, 11) is 0. The summed E-state index contributed by atoms with van der Waals surface area (Å²) in [6.07, 6.45) is 12.0. The summed E-state index contributed by atoms with van der Waals surface area (Å²) in [6, 6.07) is 7.78. The Morgan fingerprint density at radius 3 is 2.33 bits per heavy atom. The van der Waals surface area contributed by atoms with Crippen molar-refractivity contribution < 1.29 is 4.74 Å². The minimum atomic E-state index is 0.412. The van der Waals surface area contributed by atoms with Crippen molar-refractivity contribution in [3.8, 4) is 18.1 Å². The third kappa shape index (κ3) is 2.76. The predicted octanol–water partition coefficient (Wildman–Crippen LogP) is 3.38. The zero-order valence-corrected chi connectivity index (χ0v) is 8.91. The van der Waals surface area contributed by atoms with Crippen molar-refractivity contribution in [3.05, 3.63) is 29.8 Å². The van der Waals surface area contributed by atoms with Crippen LogP contribution in [0.15, 0.2) is 24.3 Å². The van der Waals surface area contributed by atoms with E-state index in [0.29, 0.717) is 6.10 Å². The second kappa shape index (κ2) is 4.89. The van der Waals surface area contributed by atoms with Crippen molar-refractivity contribution >= 4 is 0 Å². The van der Waals surface area contributed by atoms with E-state index < -0.39 is 0 Å². The first-order valence-corrected chi connectivity index (χ1v) is 5.62. The van der Waals surface area contributed by atoms with Gasteiger partial charge in [0.05, 0.1) is 6.10 Å². The lowest BCUT2D eigenvalue weighted by atomic mass is 9.98. The molecule has 1 aliphatic rings. The van der Waals surface area contributed by atoms with Crippen molar-refractivity contribution in [1.29, 1.82) is 0 Å². The highest BCUT2D eigenvalue weighted by Gasteiger charge is 2.14. The van der Waals surface area contributed by atoms with E-state index >= 15 is 0 Å². The fraction of sp³-hybridized carbons (Fsp3) is 0.429. The molecule has 1 aromatic carbocycles. The topological polar surface area (TPSA) is 9.23 Å². The number of ether oxygens (including phenoxy) is 1. The standard InChI is InChI=1S/C14H16O/c1-2-12-8-10-14(11-9-12)15-13-6-4-3-5-7-13/h1,8-11,13H,3-7H2. The molecule has 0 unspecified atom stereocenters. The quantitative estimate of drug-likeness (QED) is 0.665. The molecule has 0 radical (unpaired) electrons. The van der Waals surface area contributed by atoms with Crippen LogP contribution in [0.2, 0.25) is 0 Å². The van der Waals surface area contributed by atoms with Gasteiger partial charge in [-0.3, -0.25) is 0 Å². The lowest BCUT2D eigenvalue weighted by molar-refractivity contribution is 0.155. The molecule has 0 N–H and O–H groups in total. The first-order chi connectivity index (χ1) is 7.38. The third-order valence-corrected chi connectivity index (χ3v) is 2.88. The smallest absolute Gasteiger partial charge is 0.119 e. The van der Waals surface area contributed by atoms with Gasteiger partial charge >= 0.3 is 0 Å². The number of hydrogen-bond acceptors (Lipinski definition) is 1. The normalized spacial score (nSPS) is 17.0. The van der Waals surface area contributed by atoms with E-state index in [2.05, 4.69) is 5.92 Å². The van der Waals surface area contributed by atoms with Crippen LogP contribution in [-0.4, -0.2) is 6.10 Å². The highest BCUT2D eigenvalue weighted by atomic mass is 16.5. The molecule has 1 saturated carbocycles. The fourth-order valence-corrected chi connectivity index (χ4v) is 2.01. The Hall–Kier alpha value is -1.42. The molecule has 1 heteroatoms. The molecule has 1 aromatic rings. The van der Waals surface area contributed by atoms with Gasteiger partial charge in [-0.15, -0.1) is 6.42 Å². The SMILES string of the molecule is C#Cc1ccc(OC2CCCCC2)cc1. The van der Waals surface area contributed by atoms with Crippen LogP contribution >= 0.6 is 0 Å². The molecule has 0 aromatic heterocycles. The molecular weight excluding hydrogens is 184 g/mol. The van der Waals surface area contributed by atoms with Crippen molar-refractivity contribution in [1.82, 2.24) is 0 Å². The molecule has 0 bridgehead atoms. The van der Waals surface area contributed by atoms with E-state index in [9.17, 15) is 0 Å². The summed E-state index contributed by atoms with van der Waals surface area (Å²) in [4.78, 5) is 0. The van der Waals surface area contributed by atoms with Crippen LogP contribution in [0.1, 0.15) is 37.7 Å². The fourth-order valence-electron chi connectivity index (χ4n) is 2.01. The highest BCUT2D eigenvalue weighted by molar-refractivity contribution is 5.36. The van der Waals surface area contributed by atoms with E-state index in [1.165, 1.54) is 32.1 Å². The first-order valence-electron chi connectivity index (χ1n) is 5.62. The second-order valence-corrected chi connectivity index (χ2v) is 4.05. The summed E-state index contributed by atoms with van der Waals surface area (Å²) in [5, 5.41) is 0. The Bertz CT molecular complexity index is 339. The molecule has 2 rings (SSSR count). The van der Waals surface area contributed by atoms with Gasteiger partial charge < -0.3 is 4.74 Å². The zero-order valence-electron chi connectivity index (χ0n) is 8.91. The van der Waals surface area contributed by atoms with Crippen LogP contribution in [-0.2, 0) is 0 Å². The number of terminal acetylenes is 1. The van der Waals surface area contributed by atoms with Crippen LogP contribution in [0.25, 0.3) is 0 Å². The Labute approximate surface area is 91.5 Å². The van der Waals surface area contributed by atoms with Crippen LogP contribution in [0, 0.1) is 12.3 Å². The van der Waals surface area contributed by atoms with Gasteiger partial charge in [-0.1, -0.05) is 12.3 Å². The average molecular weight is 200 g/mol. The Kier molecular flexibility index (Phi) is 3.29. The highest BCUT2D eigenvalue weighted by Crippen LogP contribution is 2.23. The number of benzene rings is 1. The zero-order chi connectivity index (χ0) is 10.5. The summed E-state index contributed by atoms with van der Waals surface area (Å²) < 4.78 is 5.89. The van der Waals surface area contributed by atoms with Gasteiger partial charge in [-0.05, 0) is 49.9 Å². The molecule has 0 spiro atoms. The van der Waals surface area contributed by atoms with Gasteiger partial charge in [0.25, 0.3) is 0 Å². The van der Waals surface area contributed by atoms with E-state index in [0.717, 1.165) is 11.3 Å². The molecule has 0 saturated heterocycles. The molecule has 1 aliphatic carbocycles. The average Bonchev–Trinajstić information content (AvgIpc) is 2.31. The van der Waals surface area contributed by atoms with Gasteiger partial charge in [0, 0.05) is 5.56 Å². The van der Waals surface area contributed by atoms with Gasteiger partial charge in [0.2, 0.25) is 0 Å². The molecule has 0 aliphatic heterocycles. The monoisotopic (exact) mass is 200 g/mol. The Morgan fingerprint density at radius 1 is 1.07 bits per heavy atom. The van der Waals surface area contributed by atoms with Crippen molar-refractivity contribution in [3.63, 3.8) is 0 Å². The number of rotatable bonds is 2.